The Hall–Kier alpha value is -4.14. The highest BCUT2D eigenvalue weighted by molar-refractivity contribution is 7.12. The van der Waals surface area contributed by atoms with Crippen molar-refractivity contribution in [3.63, 3.8) is 0 Å². The molecule has 36 heavy (non-hydrogen) atoms. The molecule has 5 aromatic rings. The highest BCUT2D eigenvalue weighted by Crippen LogP contribution is 2.27. The molecule has 0 saturated carbocycles. The van der Waals surface area contributed by atoms with Crippen LogP contribution in [-0.2, 0) is 0 Å². The molecule has 1 unspecified atom stereocenters. The van der Waals surface area contributed by atoms with Crippen LogP contribution in [0.1, 0.15) is 16.1 Å². The van der Waals surface area contributed by atoms with Gasteiger partial charge in [0, 0.05) is 47.3 Å². The van der Waals surface area contributed by atoms with Crippen molar-refractivity contribution in [2.45, 2.75) is 12.5 Å². The van der Waals surface area contributed by atoms with Gasteiger partial charge in [0.15, 0.2) is 0 Å². The van der Waals surface area contributed by atoms with Gasteiger partial charge >= 0.3 is 0 Å². The summed E-state index contributed by atoms with van der Waals surface area (Å²) in [6.45, 7) is 1.93. The Morgan fingerprint density at radius 1 is 0.944 bits per heavy atom. The fraction of sp³-hybridized carbons (Fsp3) is 0.143. The Balaban J connectivity index is 1.15. The number of nitrogens with zero attached hydrogens (tertiary/aromatic N) is 3. The van der Waals surface area contributed by atoms with Crippen molar-refractivity contribution in [2.24, 2.45) is 5.73 Å². The van der Waals surface area contributed by atoms with E-state index in [0.29, 0.717) is 4.88 Å². The van der Waals surface area contributed by atoms with Crippen LogP contribution in [0.4, 0.5) is 22.7 Å². The van der Waals surface area contributed by atoms with Crippen molar-refractivity contribution < 1.29 is 4.79 Å². The normalized spacial score (nSPS) is 15.4. The van der Waals surface area contributed by atoms with Gasteiger partial charge in [-0.25, -0.2) is 4.68 Å². The Kier molecular flexibility index (Phi) is 5.88. The summed E-state index contributed by atoms with van der Waals surface area (Å²) in [6.07, 6.45) is 2.91. The summed E-state index contributed by atoms with van der Waals surface area (Å²) in [5.41, 5.74) is 12.0. The summed E-state index contributed by atoms with van der Waals surface area (Å²) in [5.74, 6) is -0.0998. The van der Waals surface area contributed by atoms with E-state index in [2.05, 4.69) is 63.1 Å². The summed E-state index contributed by atoms with van der Waals surface area (Å²) in [7, 11) is 0. The van der Waals surface area contributed by atoms with Crippen LogP contribution < -0.4 is 21.3 Å². The standard InChI is InChI=1S/C28H26N6OS/c29-20-13-14-33(18-20)24-8-3-21(4-9-24)31-23-7-12-26-19(16-23)17-30-34(26)25-10-5-22(6-11-25)32-28(35)27-2-1-15-36-27/h1-12,15-17,20,31H,13-14,18,29H2,(H,32,35). The van der Waals surface area contributed by atoms with Crippen LogP contribution in [0.3, 0.4) is 0 Å². The number of rotatable bonds is 6. The van der Waals surface area contributed by atoms with Crippen molar-refractivity contribution >= 4 is 50.9 Å². The quantitative estimate of drug-likeness (QED) is 0.285. The summed E-state index contributed by atoms with van der Waals surface area (Å²) >= 11 is 1.42. The van der Waals surface area contributed by atoms with E-state index < -0.39 is 0 Å². The molecule has 2 aromatic heterocycles. The fourth-order valence-electron chi connectivity index (χ4n) is 4.55. The number of hydrogen-bond acceptors (Lipinski definition) is 6. The summed E-state index contributed by atoms with van der Waals surface area (Å²) in [6, 6.07) is 26.4. The third kappa shape index (κ3) is 4.56. The Labute approximate surface area is 213 Å². The van der Waals surface area contributed by atoms with Crippen molar-refractivity contribution in [1.82, 2.24) is 9.78 Å². The number of thiophene rings is 1. The van der Waals surface area contributed by atoms with E-state index in [1.165, 1.54) is 17.0 Å². The molecule has 1 aliphatic rings. The maximum Gasteiger partial charge on any atom is 0.265 e. The first-order valence-electron chi connectivity index (χ1n) is 11.9. The Morgan fingerprint density at radius 2 is 1.69 bits per heavy atom. The van der Waals surface area contributed by atoms with E-state index in [9.17, 15) is 4.79 Å². The highest BCUT2D eigenvalue weighted by atomic mass is 32.1. The van der Waals surface area contributed by atoms with Gasteiger partial charge in [0.05, 0.1) is 22.3 Å². The zero-order valence-corrected chi connectivity index (χ0v) is 20.4. The van der Waals surface area contributed by atoms with Gasteiger partial charge in [0.1, 0.15) is 0 Å². The van der Waals surface area contributed by atoms with Crippen LogP contribution in [0, 0.1) is 0 Å². The number of benzene rings is 3. The van der Waals surface area contributed by atoms with Crippen molar-refractivity contribution in [3.8, 4) is 5.69 Å². The van der Waals surface area contributed by atoms with E-state index in [1.807, 2.05) is 52.7 Å². The van der Waals surface area contributed by atoms with Crippen molar-refractivity contribution in [1.29, 1.82) is 0 Å². The predicted octanol–water partition coefficient (Wildman–Crippen LogP) is 5.62. The van der Waals surface area contributed by atoms with Gasteiger partial charge < -0.3 is 21.3 Å². The first kappa shape index (κ1) is 22.3. The lowest BCUT2D eigenvalue weighted by atomic mass is 10.2. The third-order valence-corrected chi connectivity index (χ3v) is 7.30. The molecule has 1 atom stereocenters. The second-order valence-corrected chi connectivity index (χ2v) is 9.92. The van der Waals surface area contributed by atoms with Crippen LogP contribution in [0.15, 0.2) is 90.4 Å². The number of nitrogens with one attached hydrogen (secondary N) is 2. The van der Waals surface area contributed by atoms with Crippen LogP contribution in [0.5, 0.6) is 0 Å². The van der Waals surface area contributed by atoms with Gasteiger partial charge in [-0.1, -0.05) is 6.07 Å². The highest BCUT2D eigenvalue weighted by Gasteiger charge is 2.19. The maximum atomic E-state index is 12.3. The summed E-state index contributed by atoms with van der Waals surface area (Å²) in [5, 5.41) is 13.9. The molecule has 7 nitrogen and oxygen atoms in total. The largest absolute Gasteiger partial charge is 0.370 e. The lowest BCUT2D eigenvalue weighted by Gasteiger charge is -2.18. The molecule has 1 aliphatic heterocycles. The molecular formula is C28H26N6OS. The molecule has 180 valence electrons. The molecule has 0 aliphatic carbocycles. The van der Waals surface area contributed by atoms with Crippen LogP contribution in [-0.4, -0.2) is 34.8 Å². The van der Waals surface area contributed by atoms with Gasteiger partial charge in [-0.2, -0.15) is 5.10 Å². The van der Waals surface area contributed by atoms with Crippen molar-refractivity contribution in [2.75, 3.05) is 28.6 Å². The second kappa shape index (κ2) is 9.49. The number of anilines is 4. The minimum atomic E-state index is -0.0998. The predicted molar refractivity (Wildman–Crippen MR) is 148 cm³/mol. The first-order chi connectivity index (χ1) is 17.6. The van der Waals surface area contributed by atoms with Gasteiger partial charge in [-0.15, -0.1) is 11.3 Å². The van der Waals surface area contributed by atoms with E-state index >= 15 is 0 Å². The number of nitrogens with two attached hydrogens (primary N) is 1. The molecule has 0 bridgehead atoms. The number of hydrogen-bond donors (Lipinski definition) is 3. The zero-order chi connectivity index (χ0) is 24.5. The zero-order valence-electron chi connectivity index (χ0n) is 19.6. The van der Waals surface area contributed by atoms with Gasteiger partial charge in [-0.3, -0.25) is 4.79 Å². The molecule has 1 amide bonds. The van der Waals surface area contributed by atoms with Gasteiger partial charge in [-0.05, 0) is 84.6 Å². The average molecular weight is 495 g/mol. The van der Waals surface area contributed by atoms with E-state index in [4.69, 9.17) is 5.73 Å². The van der Waals surface area contributed by atoms with E-state index in [-0.39, 0.29) is 11.9 Å². The number of fused-ring (bicyclic) bond motifs is 1. The third-order valence-electron chi connectivity index (χ3n) is 6.43. The van der Waals surface area contributed by atoms with E-state index in [0.717, 1.165) is 53.2 Å². The van der Waals surface area contributed by atoms with Gasteiger partial charge in [0.2, 0.25) is 0 Å². The van der Waals surface area contributed by atoms with Crippen LogP contribution >= 0.6 is 11.3 Å². The lowest BCUT2D eigenvalue weighted by molar-refractivity contribution is 0.103. The molecule has 4 N–H and O–H groups in total. The molecule has 8 heteroatoms. The van der Waals surface area contributed by atoms with Crippen molar-refractivity contribution in [3.05, 3.63) is 95.3 Å². The first-order valence-corrected chi connectivity index (χ1v) is 12.8. The van der Waals surface area contributed by atoms with Crippen LogP contribution in [0.25, 0.3) is 16.6 Å². The lowest BCUT2D eigenvalue weighted by Crippen LogP contribution is -2.26. The Bertz CT molecular complexity index is 1490. The minimum absolute atomic E-state index is 0.0998. The molecule has 1 fully saturated rings. The molecule has 0 spiro atoms. The Morgan fingerprint density at radius 3 is 2.42 bits per heavy atom. The van der Waals surface area contributed by atoms with Crippen LogP contribution in [0.2, 0.25) is 0 Å². The van der Waals surface area contributed by atoms with Gasteiger partial charge in [0.25, 0.3) is 5.91 Å². The number of carbonyl (C=O) groups excluding carboxylic acids is 1. The average Bonchev–Trinajstić information content (AvgIpc) is 3.66. The summed E-state index contributed by atoms with van der Waals surface area (Å²) < 4.78 is 1.90. The molecule has 6 rings (SSSR count). The van der Waals surface area contributed by atoms with E-state index in [1.54, 1.807) is 0 Å². The molecule has 1 saturated heterocycles. The maximum absolute atomic E-state index is 12.3. The topological polar surface area (TPSA) is 88.2 Å². The number of carbonyl (C=O) groups is 1. The smallest absolute Gasteiger partial charge is 0.265 e. The monoisotopic (exact) mass is 494 g/mol. The fourth-order valence-corrected chi connectivity index (χ4v) is 5.17. The summed E-state index contributed by atoms with van der Waals surface area (Å²) in [4.78, 5) is 15.3. The SMILES string of the molecule is NC1CCN(c2ccc(Nc3ccc4c(cnn4-c4ccc(NC(=O)c5cccs5)cc4)c3)cc2)C1. The molecule has 0 radical (unpaired) electrons. The number of aromatic nitrogens is 2. The molecule has 3 aromatic carbocycles. The molecule has 3 heterocycles. The molecular weight excluding hydrogens is 468 g/mol. The number of amides is 1. The minimum Gasteiger partial charge on any atom is -0.370 e. The second-order valence-electron chi connectivity index (χ2n) is 8.97.